The number of hydrogen-bond acceptors (Lipinski definition) is 11. The average Bonchev–Trinajstić information content (AvgIpc) is 3.43. The lowest BCUT2D eigenvalue weighted by Gasteiger charge is -2.18. The van der Waals surface area contributed by atoms with Crippen LogP contribution in [-0.4, -0.2) is 76.7 Å². The number of hydrogen-bond donors (Lipinski definition) is 2. The van der Waals surface area contributed by atoms with Crippen molar-refractivity contribution in [2.75, 3.05) is 14.2 Å². The van der Waals surface area contributed by atoms with E-state index < -0.39 is 58.7 Å². The number of carbonyl (C=O) groups excluding carboxylic acids is 5. The van der Waals surface area contributed by atoms with Crippen molar-refractivity contribution in [2.24, 2.45) is 0 Å². The number of ketones is 3. The van der Waals surface area contributed by atoms with Crippen LogP contribution in [0.4, 0.5) is 13.2 Å². The maximum Gasteiger partial charge on any atom is 0.452 e. The molecule has 0 aliphatic rings. The highest BCUT2D eigenvalue weighted by atomic mass is 35.5. The highest BCUT2D eigenvalue weighted by Gasteiger charge is 2.42. The number of benzene rings is 6. The molecule has 13 nitrogen and oxygen atoms in total. The van der Waals surface area contributed by atoms with Gasteiger partial charge in [0.1, 0.15) is 11.5 Å². The fourth-order valence-electron chi connectivity index (χ4n) is 6.58. The number of rotatable bonds is 19. The molecule has 0 amide bonds. The van der Waals surface area contributed by atoms with Crippen molar-refractivity contribution in [3.05, 3.63) is 226 Å². The molecule has 0 radical (unpaired) electrons. The second-order valence-electron chi connectivity index (χ2n) is 15.8. The van der Waals surface area contributed by atoms with Crippen molar-refractivity contribution >= 4 is 88.7 Å². The molecule has 0 spiro atoms. The minimum Gasteiger partial charge on any atom is -0.497 e. The first kappa shape index (κ1) is 60.7. The fourth-order valence-corrected chi connectivity index (χ4v) is 6.82. The number of halogens is 5. The number of ether oxygens (including phenoxy) is 4. The number of carboxylic acids is 2. The van der Waals surface area contributed by atoms with Gasteiger partial charge in [0.15, 0.2) is 17.0 Å². The minimum atomic E-state index is -4.92. The fraction of sp³-hybridized carbons (Fsp3) is 0.136. The van der Waals surface area contributed by atoms with Gasteiger partial charge >= 0.3 is 30.1 Å². The van der Waals surface area contributed by atoms with E-state index in [0.717, 1.165) is 23.3 Å². The van der Waals surface area contributed by atoms with E-state index in [1.807, 2.05) is 74.5 Å². The molecule has 0 aliphatic carbocycles. The molecule has 18 heteroatoms. The van der Waals surface area contributed by atoms with Crippen LogP contribution in [0.5, 0.6) is 11.5 Å². The molecule has 0 bridgehead atoms. The number of allylic oxidation sites excluding steroid dienone is 2. The van der Waals surface area contributed by atoms with Gasteiger partial charge in [-0.15, -0.1) is 0 Å². The lowest BCUT2D eigenvalue weighted by atomic mass is 9.97. The van der Waals surface area contributed by atoms with E-state index in [4.69, 9.17) is 29.2 Å². The van der Waals surface area contributed by atoms with Gasteiger partial charge in [0, 0.05) is 34.4 Å². The van der Waals surface area contributed by atoms with Crippen LogP contribution in [0.2, 0.25) is 0 Å². The molecular formula is C59H49Cl2F3O13. The standard InChI is InChI=1S/C28H22O8.C28H26O4.C3HCl2F3O/c1-35-23-14-12-22(13-15-23)28(34)36-27(21-10-4-19(5-11-21)7-17-25(31)32)26(33)20-8-2-18(3-9-20)6-16-24(29)30;1-4-6-20-8-12-22(13-9-20)26(29)27(23-14-10-21(7-5-2)11-15-23)32-28(30)24-16-18-25(31-3)19-17-24;4-2(5)1(9)3(6,7)8/h2-17,27H,1H3,(H,29,30)(H,31,32);4-19,27H,1-3H3;2H/b16-6+,17-7+;6-4+,7-5+;. The Morgan fingerprint density at radius 2 is 0.740 bits per heavy atom. The van der Waals surface area contributed by atoms with Crippen molar-refractivity contribution in [3.63, 3.8) is 0 Å². The molecule has 398 valence electrons. The van der Waals surface area contributed by atoms with Gasteiger partial charge in [0.05, 0.1) is 25.3 Å². The number of methoxy groups -OCH3 is 2. The third-order valence-electron chi connectivity index (χ3n) is 10.5. The van der Waals surface area contributed by atoms with Crippen molar-refractivity contribution in [1.29, 1.82) is 0 Å². The molecule has 6 aromatic rings. The highest BCUT2D eigenvalue weighted by Crippen LogP contribution is 2.28. The zero-order chi connectivity index (χ0) is 56.7. The molecule has 0 saturated heterocycles. The molecule has 2 unspecified atom stereocenters. The van der Waals surface area contributed by atoms with E-state index in [2.05, 4.69) is 23.2 Å². The van der Waals surface area contributed by atoms with Gasteiger partial charge in [-0.1, -0.05) is 145 Å². The first-order valence-corrected chi connectivity index (χ1v) is 23.7. The number of esters is 2. The normalized spacial score (nSPS) is 12.0. The third-order valence-corrected chi connectivity index (χ3v) is 10.9. The van der Waals surface area contributed by atoms with E-state index in [0.29, 0.717) is 44.9 Å². The molecule has 2 atom stereocenters. The van der Waals surface area contributed by atoms with Gasteiger partial charge in [-0.05, 0) is 96.8 Å². The van der Waals surface area contributed by atoms with Gasteiger partial charge < -0.3 is 29.2 Å². The number of alkyl halides is 5. The Bertz CT molecular complexity index is 3090. The topological polar surface area (TPSA) is 197 Å². The number of carbonyl (C=O) groups is 7. The van der Waals surface area contributed by atoms with Crippen LogP contribution < -0.4 is 9.47 Å². The Labute approximate surface area is 451 Å². The van der Waals surface area contributed by atoms with Gasteiger partial charge in [-0.25, -0.2) is 19.2 Å². The van der Waals surface area contributed by atoms with E-state index in [-0.39, 0.29) is 16.9 Å². The average molecular weight is 1090 g/mol. The second kappa shape index (κ2) is 29.9. The molecule has 2 N–H and O–H groups in total. The summed E-state index contributed by atoms with van der Waals surface area (Å²) in [5.41, 5.74) is 5.46. The zero-order valence-electron chi connectivity index (χ0n) is 41.5. The Morgan fingerprint density at radius 1 is 0.455 bits per heavy atom. The SMILES string of the molecule is C/C=C/c1ccc(C(=O)C(OC(=O)c2ccc(OC)cc2)c2ccc(/C=C/C)cc2)cc1.COc1ccc(C(=O)OC(C(=O)c2ccc(/C=C/C(=O)O)cc2)c2ccc(/C=C/C(=O)O)cc2)cc1.O=C(C(Cl)Cl)C(F)(F)F. The van der Waals surface area contributed by atoms with Gasteiger partial charge in [0.25, 0.3) is 5.78 Å². The van der Waals surface area contributed by atoms with Gasteiger partial charge in [0.2, 0.25) is 11.6 Å². The smallest absolute Gasteiger partial charge is 0.452 e. The molecule has 0 saturated carbocycles. The number of aliphatic carboxylic acids is 2. The molecule has 0 aliphatic heterocycles. The summed E-state index contributed by atoms with van der Waals surface area (Å²) in [7, 11) is 3.06. The summed E-state index contributed by atoms with van der Waals surface area (Å²) in [6.07, 6.45) is 5.29. The van der Waals surface area contributed by atoms with E-state index in [9.17, 15) is 46.7 Å². The summed E-state index contributed by atoms with van der Waals surface area (Å²) in [5.74, 6) is -5.19. The maximum atomic E-state index is 13.4. The van der Waals surface area contributed by atoms with Crippen LogP contribution in [0, 0.1) is 0 Å². The number of Topliss-reactive ketones (excluding diaryl/α,β-unsaturated/α-hetero) is 3. The number of carboxylic acid groups (broad SMARTS) is 2. The maximum absolute atomic E-state index is 13.4. The van der Waals surface area contributed by atoms with Crippen molar-refractivity contribution < 1.29 is 75.9 Å². The van der Waals surface area contributed by atoms with Crippen molar-refractivity contribution in [1.82, 2.24) is 0 Å². The summed E-state index contributed by atoms with van der Waals surface area (Å²) < 4.78 is 55.1. The highest BCUT2D eigenvalue weighted by molar-refractivity contribution is 6.54. The Morgan fingerprint density at radius 3 is 0.987 bits per heavy atom. The van der Waals surface area contributed by atoms with Crippen LogP contribution >= 0.6 is 23.2 Å². The predicted molar refractivity (Wildman–Crippen MR) is 286 cm³/mol. The van der Waals surface area contributed by atoms with Crippen molar-refractivity contribution in [2.45, 2.75) is 37.1 Å². The van der Waals surface area contributed by atoms with Crippen LogP contribution in [-0.2, 0) is 23.9 Å². The Balaban J connectivity index is 0.000000288. The summed E-state index contributed by atoms with van der Waals surface area (Å²) in [6, 6.07) is 40.0. The summed E-state index contributed by atoms with van der Waals surface area (Å²) in [6.45, 7) is 3.87. The summed E-state index contributed by atoms with van der Waals surface area (Å²) in [5, 5.41) is 17.6. The lowest BCUT2D eigenvalue weighted by Crippen LogP contribution is -2.27. The quantitative estimate of drug-likeness (QED) is 0.0337. The van der Waals surface area contributed by atoms with Crippen molar-refractivity contribution in [3.8, 4) is 11.5 Å². The lowest BCUT2D eigenvalue weighted by molar-refractivity contribution is -0.169. The first-order valence-electron chi connectivity index (χ1n) is 22.8. The molecule has 0 heterocycles. The molecule has 6 aromatic carbocycles. The van der Waals surface area contributed by atoms with Crippen LogP contribution in [0.3, 0.4) is 0 Å². The van der Waals surface area contributed by atoms with Crippen LogP contribution in [0.25, 0.3) is 24.3 Å². The second-order valence-corrected chi connectivity index (χ2v) is 16.9. The van der Waals surface area contributed by atoms with E-state index in [1.165, 1.54) is 43.5 Å². The van der Waals surface area contributed by atoms with Crippen LogP contribution in [0.1, 0.15) is 101 Å². The predicted octanol–water partition coefficient (Wildman–Crippen LogP) is 13.1. The molecular weight excluding hydrogens is 1040 g/mol. The third kappa shape index (κ3) is 19.4. The van der Waals surface area contributed by atoms with E-state index >= 15 is 0 Å². The Hall–Kier alpha value is -8.86. The summed E-state index contributed by atoms with van der Waals surface area (Å²) >= 11 is 9.22. The molecule has 0 fully saturated rings. The van der Waals surface area contributed by atoms with Gasteiger partial charge in [-0.3, -0.25) is 14.4 Å². The molecule has 77 heavy (non-hydrogen) atoms. The zero-order valence-corrected chi connectivity index (χ0v) is 43.0. The van der Waals surface area contributed by atoms with Crippen LogP contribution in [0.15, 0.2) is 170 Å². The molecule has 0 aromatic heterocycles. The first-order chi connectivity index (χ1) is 36.7. The summed E-state index contributed by atoms with van der Waals surface area (Å²) in [4.78, 5) is 81.7. The van der Waals surface area contributed by atoms with E-state index in [1.54, 1.807) is 92.0 Å². The Kier molecular flexibility index (Phi) is 23.6. The monoisotopic (exact) mass is 1090 g/mol. The minimum absolute atomic E-state index is 0.226. The largest absolute Gasteiger partial charge is 0.497 e. The molecule has 6 rings (SSSR count). The van der Waals surface area contributed by atoms with Gasteiger partial charge in [-0.2, -0.15) is 13.2 Å².